The van der Waals surface area contributed by atoms with Crippen LogP contribution < -0.4 is 14.4 Å². The Labute approximate surface area is 122 Å². The fourth-order valence-corrected chi connectivity index (χ4v) is 3.03. The summed E-state index contributed by atoms with van der Waals surface area (Å²) < 4.78 is 12.0. The Morgan fingerprint density at radius 1 is 1.05 bits per heavy atom. The zero-order valence-electron chi connectivity index (χ0n) is 13.2. The Morgan fingerprint density at radius 3 is 2.20 bits per heavy atom. The molecule has 1 aromatic carbocycles. The monoisotopic (exact) mass is 279 g/mol. The van der Waals surface area contributed by atoms with Crippen molar-refractivity contribution < 1.29 is 14.0 Å². The standard InChI is InChI=1S/C16H27N2O2/c1-5-18(6-2)11-9-17(10-12-18)15-8-7-14(19-3)13-16(15)20-4/h7-8,13H,5-6,9-12H2,1-4H3/q+1. The van der Waals surface area contributed by atoms with Crippen LogP contribution in [-0.2, 0) is 0 Å². The molecular formula is C16H27N2O2+. The maximum absolute atomic E-state index is 5.52. The third-order valence-electron chi connectivity index (χ3n) is 4.76. The molecule has 0 aromatic heterocycles. The maximum Gasteiger partial charge on any atom is 0.145 e. The minimum Gasteiger partial charge on any atom is -0.497 e. The molecule has 1 heterocycles. The van der Waals surface area contributed by atoms with Crippen LogP contribution in [0.15, 0.2) is 18.2 Å². The number of piperazine rings is 1. The van der Waals surface area contributed by atoms with Crippen molar-refractivity contribution in [2.45, 2.75) is 13.8 Å². The number of quaternary nitrogens is 1. The van der Waals surface area contributed by atoms with Crippen LogP contribution in [0.1, 0.15) is 13.8 Å². The van der Waals surface area contributed by atoms with Gasteiger partial charge in [-0.1, -0.05) is 0 Å². The molecule has 112 valence electrons. The molecule has 0 bridgehead atoms. The predicted molar refractivity (Wildman–Crippen MR) is 82.8 cm³/mol. The van der Waals surface area contributed by atoms with Crippen LogP contribution in [-0.4, -0.2) is 58.0 Å². The number of methoxy groups -OCH3 is 2. The van der Waals surface area contributed by atoms with Gasteiger partial charge in [0.05, 0.1) is 59.2 Å². The van der Waals surface area contributed by atoms with Crippen LogP contribution in [0, 0.1) is 0 Å². The number of rotatable bonds is 5. The lowest BCUT2D eigenvalue weighted by Crippen LogP contribution is -2.59. The Morgan fingerprint density at radius 2 is 1.70 bits per heavy atom. The smallest absolute Gasteiger partial charge is 0.145 e. The molecule has 20 heavy (non-hydrogen) atoms. The van der Waals surface area contributed by atoms with E-state index in [2.05, 4.69) is 24.8 Å². The second kappa shape index (κ2) is 6.35. The molecule has 0 unspecified atom stereocenters. The molecule has 0 radical (unpaired) electrons. The molecule has 1 aromatic rings. The topological polar surface area (TPSA) is 21.7 Å². The SMILES string of the molecule is CC[N+]1(CC)CCN(c2ccc(OC)cc2OC)CC1. The predicted octanol–water partition coefficient (Wildman–Crippen LogP) is 2.38. The molecule has 4 heteroatoms. The normalized spacial score (nSPS) is 17.9. The van der Waals surface area contributed by atoms with Crippen molar-refractivity contribution in [2.24, 2.45) is 0 Å². The molecule has 0 amide bonds. The molecule has 0 N–H and O–H groups in total. The van der Waals surface area contributed by atoms with Gasteiger partial charge >= 0.3 is 0 Å². The van der Waals surface area contributed by atoms with Gasteiger partial charge in [-0.05, 0) is 26.0 Å². The molecule has 0 atom stereocenters. The van der Waals surface area contributed by atoms with E-state index in [0.29, 0.717) is 0 Å². The number of ether oxygens (including phenoxy) is 2. The van der Waals surface area contributed by atoms with Crippen LogP contribution in [0.5, 0.6) is 11.5 Å². The first-order chi connectivity index (χ1) is 9.68. The highest BCUT2D eigenvalue weighted by molar-refractivity contribution is 5.61. The molecule has 1 aliphatic rings. The fraction of sp³-hybridized carbons (Fsp3) is 0.625. The molecular weight excluding hydrogens is 252 g/mol. The summed E-state index contributed by atoms with van der Waals surface area (Å²) in [6, 6.07) is 6.08. The number of hydrogen-bond donors (Lipinski definition) is 0. The summed E-state index contributed by atoms with van der Waals surface area (Å²) in [6.45, 7) is 11.6. The quantitative estimate of drug-likeness (QED) is 0.773. The van der Waals surface area contributed by atoms with E-state index < -0.39 is 0 Å². The highest BCUT2D eigenvalue weighted by Crippen LogP contribution is 2.33. The van der Waals surface area contributed by atoms with Crippen molar-refractivity contribution >= 4 is 5.69 Å². The third kappa shape index (κ3) is 2.85. The van der Waals surface area contributed by atoms with Gasteiger partial charge in [-0.2, -0.15) is 0 Å². The van der Waals surface area contributed by atoms with Gasteiger partial charge in [0.15, 0.2) is 0 Å². The first-order valence-electron chi connectivity index (χ1n) is 7.50. The molecule has 0 saturated carbocycles. The number of hydrogen-bond acceptors (Lipinski definition) is 3. The minimum absolute atomic E-state index is 0.842. The largest absolute Gasteiger partial charge is 0.497 e. The Balaban J connectivity index is 2.14. The van der Waals surface area contributed by atoms with Crippen molar-refractivity contribution in [3.8, 4) is 11.5 Å². The van der Waals surface area contributed by atoms with E-state index in [0.717, 1.165) is 24.6 Å². The van der Waals surface area contributed by atoms with Crippen molar-refractivity contribution in [3.05, 3.63) is 18.2 Å². The summed E-state index contributed by atoms with van der Waals surface area (Å²) in [4.78, 5) is 2.43. The second-order valence-electron chi connectivity index (χ2n) is 5.45. The summed E-state index contributed by atoms with van der Waals surface area (Å²) in [6.07, 6.45) is 0. The van der Waals surface area contributed by atoms with Crippen molar-refractivity contribution in [1.82, 2.24) is 0 Å². The lowest BCUT2D eigenvalue weighted by molar-refractivity contribution is -0.925. The number of likely N-dealkylation sites (N-methyl/N-ethyl adjacent to an activating group) is 1. The van der Waals surface area contributed by atoms with E-state index in [9.17, 15) is 0 Å². The molecule has 1 fully saturated rings. The minimum atomic E-state index is 0.842. The summed E-state index contributed by atoms with van der Waals surface area (Å²) in [5, 5.41) is 0. The van der Waals surface area contributed by atoms with Gasteiger partial charge in [0.25, 0.3) is 0 Å². The lowest BCUT2D eigenvalue weighted by atomic mass is 10.2. The van der Waals surface area contributed by atoms with E-state index in [1.807, 2.05) is 12.1 Å². The fourth-order valence-electron chi connectivity index (χ4n) is 3.03. The first-order valence-corrected chi connectivity index (χ1v) is 7.50. The van der Waals surface area contributed by atoms with E-state index >= 15 is 0 Å². The molecule has 1 aliphatic heterocycles. The zero-order chi connectivity index (χ0) is 14.6. The van der Waals surface area contributed by atoms with Crippen molar-refractivity contribution in [3.63, 3.8) is 0 Å². The third-order valence-corrected chi connectivity index (χ3v) is 4.76. The zero-order valence-corrected chi connectivity index (χ0v) is 13.2. The highest BCUT2D eigenvalue weighted by atomic mass is 16.5. The van der Waals surface area contributed by atoms with Gasteiger partial charge in [-0.3, -0.25) is 0 Å². The van der Waals surface area contributed by atoms with Gasteiger partial charge < -0.3 is 18.9 Å². The van der Waals surface area contributed by atoms with Crippen molar-refractivity contribution in [1.29, 1.82) is 0 Å². The summed E-state index contributed by atoms with van der Waals surface area (Å²) in [7, 11) is 3.41. The second-order valence-corrected chi connectivity index (χ2v) is 5.45. The Hall–Kier alpha value is -1.42. The van der Waals surface area contributed by atoms with E-state index in [4.69, 9.17) is 9.47 Å². The Bertz CT molecular complexity index is 434. The summed E-state index contributed by atoms with van der Waals surface area (Å²) in [5.74, 6) is 1.74. The van der Waals surface area contributed by atoms with Gasteiger partial charge in [-0.25, -0.2) is 0 Å². The van der Waals surface area contributed by atoms with Crippen LogP contribution in [0.4, 0.5) is 5.69 Å². The number of nitrogens with zero attached hydrogens (tertiary/aromatic N) is 2. The van der Waals surface area contributed by atoms with Crippen molar-refractivity contribution in [2.75, 3.05) is 58.4 Å². The lowest BCUT2D eigenvalue weighted by Gasteiger charge is -2.44. The number of benzene rings is 1. The Kier molecular flexibility index (Phi) is 4.76. The van der Waals surface area contributed by atoms with Crippen LogP contribution in [0.2, 0.25) is 0 Å². The summed E-state index contributed by atoms with van der Waals surface area (Å²) in [5.41, 5.74) is 1.18. The van der Waals surface area contributed by atoms with Crippen LogP contribution >= 0.6 is 0 Å². The molecule has 0 spiro atoms. The molecule has 2 rings (SSSR count). The van der Waals surface area contributed by atoms with Gasteiger partial charge in [0.1, 0.15) is 11.5 Å². The van der Waals surface area contributed by atoms with Crippen LogP contribution in [0.3, 0.4) is 0 Å². The number of anilines is 1. The van der Waals surface area contributed by atoms with Gasteiger partial charge in [0, 0.05) is 6.07 Å². The van der Waals surface area contributed by atoms with E-state index in [-0.39, 0.29) is 0 Å². The molecule has 0 aliphatic carbocycles. The van der Waals surface area contributed by atoms with E-state index in [1.54, 1.807) is 14.2 Å². The average molecular weight is 279 g/mol. The molecule has 1 saturated heterocycles. The van der Waals surface area contributed by atoms with Gasteiger partial charge in [0.2, 0.25) is 0 Å². The van der Waals surface area contributed by atoms with Crippen LogP contribution in [0.25, 0.3) is 0 Å². The van der Waals surface area contributed by atoms with Gasteiger partial charge in [-0.15, -0.1) is 0 Å². The average Bonchev–Trinajstić information content (AvgIpc) is 2.54. The highest BCUT2D eigenvalue weighted by Gasteiger charge is 2.30. The maximum atomic E-state index is 5.52. The van der Waals surface area contributed by atoms with E-state index in [1.165, 1.54) is 36.3 Å². The first kappa shape index (κ1) is 15.0. The summed E-state index contributed by atoms with van der Waals surface area (Å²) >= 11 is 0. The molecule has 4 nitrogen and oxygen atoms in total.